The van der Waals surface area contributed by atoms with Crippen LogP contribution in [0.15, 0.2) is 30.5 Å². The Morgan fingerprint density at radius 1 is 1.02 bits per heavy atom. The van der Waals surface area contributed by atoms with E-state index in [1.807, 2.05) is 0 Å². The summed E-state index contributed by atoms with van der Waals surface area (Å²) in [5.74, 6) is 2.29. The van der Waals surface area contributed by atoms with Crippen LogP contribution in [0.5, 0.6) is 11.8 Å². The molecule has 244 valence electrons. The largest absolute Gasteiger partial charge is 0.505 e. The molecule has 8 rings (SSSR count). The zero-order valence-electron chi connectivity index (χ0n) is 26.9. The van der Waals surface area contributed by atoms with E-state index in [1.54, 1.807) is 18.3 Å². The molecule has 8 nitrogen and oxygen atoms in total. The molecule has 2 bridgehead atoms. The van der Waals surface area contributed by atoms with Gasteiger partial charge in [-0.2, -0.15) is 9.97 Å². The lowest BCUT2D eigenvalue weighted by molar-refractivity contribution is 0.107. The van der Waals surface area contributed by atoms with Gasteiger partial charge < -0.3 is 20.1 Å². The Kier molecular flexibility index (Phi) is 7.45. The van der Waals surface area contributed by atoms with Gasteiger partial charge in [0.2, 0.25) is 0 Å². The van der Waals surface area contributed by atoms with Crippen LogP contribution in [0.3, 0.4) is 0 Å². The van der Waals surface area contributed by atoms with Crippen LogP contribution in [0.2, 0.25) is 0 Å². The van der Waals surface area contributed by atoms with Gasteiger partial charge in [0.1, 0.15) is 23.6 Å². The molecule has 6 heterocycles. The second-order valence-corrected chi connectivity index (χ2v) is 14.1. The van der Waals surface area contributed by atoms with Crippen molar-refractivity contribution >= 4 is 27.5 Å². The van der Waals surface area contributed by atoms with Crippen LogP contribution in [0.1, 0.15) is 57.9 Å². The highest BCUT2D eigenvalue weighted by Gasteiger charge is 2.51. The topological polar surface area (TPSA) is 86.6 Å². The van der Waals surface area contributed by atoms with Crippen molar-refractivity contribution in [1.82, 2.24) is 25.2 Å². The van der Waals surface area contributed by atoms with E-state index < -0.39 is 17.4 Å². The number of halogens is 2. The van der Waals surface area contributed by atoms with Crippen LogP contribution in [0, 0.1) is 35.8 Å². The number of hydrogen-bond acceptors (Lipinski definition) is 8. The van der Waals surface area contributed by atoms with Gasteiger partial charge in [0, 0.05) is 66.4 Å². The number of phenols is 1. The van der Waals surface area contributed by atoms with E-state index in [1.165, 1.54) is 12.1 Å². The first-order valence-electron chi connectivity index (χ1n) is 17.0. The molecular weight excluding hydrogens is 598 g/mol. The average Bonchev–Trinajstić information content (AvgIpc) is 3.73. The summed E-state index contributed by atoms with van der Waals surface area (Å²) in [4.78, 5) is 19.0. The summed E-state index contributed by atoms with van der Waals surface area (Å²) in [6.45, 7) is 8.57. The Bertz CT molecular complexity index is 1900. The van der Waals surface area contributed by atoms with Crippen molar-refractivity contribution in [3.8, 4) is 35.4 Å². The summed E-state index contributed by atoms with van der Waals surface area (Å²) < 4.78 is 38.5. The molecule has 4 aliphatic rings. The molecule has 10 heteroatoms. The number of hydrogen-bond donors (Lipinski definition) is 2. The van der Waals surface area contributed by atoms with Gasteiger partial charge in [-0.1, -0.05) is 44.7 Å². The minimum Gasteiger partial charge on any atom is -0.505 e. The van der Waals surface area contributed by atoms with E-state index in [-0.39, 0.29) is 33.7 Å². The van der Waals surface area contributed by atoms with Crippen LogP contribution in [-0.4, -0.2) is 75.4 Å². The molecule has 4 unspecified atom stereocenters. The number of anilines is 1. The van der Waals surface area contributed by atoms with Crippen molar-refractivity contribution < 1.29 is 18.6 Å². The maximum atomic E-state index is 16.9. The first kappa shape index (κ1) is 30.3. The van der Waals surface area contributed by atoms with Gasteiger partial charge in [0.25, 0.3) is 0 Å². The maximum Gasteiger partial charge on any atom is 0.319 e. The zero-order valence-corrected chi connectivity index (χ0v) is 26.9. The number of benzene rings is 2. The molecule has 2 aromatic carbocycles. The number of fused-ring (bicyclic) bond motifs is 5. The summed E-state index contributed by atoms with van der Waals surface area (Å²) in [5.41, 5.74) is 0.475. The second-order valence-electron chi connectivity index (χ2n) is 14.1. The smallest absolute Gasteiger partial charge is 0.319 e. The Hall–Kier alpha value is -4.07. The number of aromatic hydroxyl groups is 1. The quantitative estimate of drug-likeness (QED) is 0.238. The fourth-order valence-electron chi connectivity index (χ4n) is 8.81. The fraction of sp³-hybridized carbons (Fsp3) is 0.486. The van der Waals surface area contributed by atoms with Gasteiger partial charge in [-0.05, 0) is 49.7 Å². The molecule has 0 radical (unpaired) electrons. The van der Waals surface area contributed by atoms with Crippen LogP contribution >= 0.6 is 0 Å². The molecule has 4 atom stereocenters. The van der Waals surface area contributed by atoms with Gasteiger partial charge in [0.15, 0.2) is 17.4 Å². The van der Waals surface area contributed by atoms with Gasteiger partial charge in [-0.25, -0.2) is 8.78 Å². The van der Waals surface area contributed by atoms with Crippen LogP contribution < -0.4 is 15.0 Å². The highest BCUT2D eigenvalue weighted by molar-refractivity contribution is 6.03. The fourth-order valence-corrected chi connectivity index (χ4v) is 8.81. The first-order chi connectivity index (χ1) is 22.8. The van der Waals surface area contributed by atoms with Crippen LogP contribution in [-0.2, 0) is 0 Å². The van der Waals surface area contributed by atoms with Crippen molar-refractivity contribution in [3.63, 3.8) is 0 Å². The molecule has 0 spiro atoms. The monoisotopic (exact) mass is 638 g/mol. The average molecular weight is 639 g/mol. The lowest BCUT2D eigenvalue weighted by atomic mass is 9.86. The molecule has 2 aromatic heterocycles. The normalized spacial score (nSPS) is 27.1. The summed E-state index contributed by atoms with van der Waals surface area (Å²) >= 11 is 0. The number of piperazine rings is 1. The number of ether oxygens (including phenoxy) is 1. The summed E-state index contributed by atoms with van der Waals surface area (Å²) in [7, 11) is 0. The van der Waals surface area contributed by atoms with Gasteiger partial charge in [0.05, 0.1) is 10.9 Å². The number of rotatable bonds is 7. The lowest BCUT2D eigenvalue weighted by Crippen LogP contribution is -2.51. The molecule has 2 N–H and O–H groups in total. The molecule has 4 aromatic rings. The number of aromatic nitrogens is 3. The predicted octanol–water partition coefficient (Wildman–Crippen LogP) is 6.03. The highest BCUT2D eigenvalue weighted by Crippen LogP contribution is 2.46. The van der Waals surface area contributed by atoms with Gasteiger partial charge in [-0.3, -0.25) is 9.88 Å². The van der Waals surface area contributed by atoms with E-state index in [2.05, 4.69) is 39.9 Å². The minimum absolute atomic E-state index is 0.0705. The standard InChI is InChI=1S/C37H40F2N6O2/c1-4-21-13-37(14-22(5-2)17-45(37)16-21)20-47-36-42-34-28(35(43-36)44-18-24-10-11-25(19-44)41-24)15-40-33(32(34)39)27-12-29(46)31(38)26-9-7-8-23(6-3)30(26)27/h3,7-9,12,15,21-22,24-25,41,46H,4-5,10-11,13-14,16-20H2,1-2H3. The van der Waals surface area contributed by atoms with Crippen LogP contribution in [0.4, 0.5) is 14.6 Å². The third-order valence-corrected chi connectivity index (χ3v) is 11.2. The Labute approximate surface area is 273 Å². The van der Waals surface area contributed by atoms with Gasteiger partial charge in [-0.15, -0.1) is 6.42 Å². The molecule has 0 saturated carbocycles. The number of phenolic OH excluding ortho intramolecular Hbond substituents is 1. The van der Waals surface area contributed by atoms with E-state index >= 15 is 8.78 Å². The van der Waals surface area contributed by atoms with Crippen LogP contribution in [0.25, 0.3) is 32.9 Å². The summed E-state index contributed by atoms with van der Waals surface area (Å²) in [6, 6.07) is 6.77. The number of terminal acetylenes is 1. The number of nitrogens with one attached hydrogen (secondary N) is 1. The van der Waals surface area contributed by atoms with Gasteiger partial charge >= 0.3 is 6.01 Å². The maximum absolute atomic E-state index is 16.9. The molecule has 47 heavy (non-hydrogen) atoms. The molecular formula is C37H40F2N6O2. The minimum atomic E-state index is -0.821. The Balaban J connectivity index is 1.25. The molecule has 4 fully saturated rings. The second kappa shape index (κ2) is 11.6. The number of pyridine rings is 1. The SMILES string of the molecule is C#Cc1cccc2c(F)c(O)cc(-c3ncc4c(N5CC6CCC(C5)N6)nc(OCC56CC(CC)CN5CC(CC)C6)nc4c3F)c12. The summed E-state index contributed by atoms with van der Waals surface area (Å²) in [5, 5.41) is 15.1. The highest BCUT2D eigenvalue weighted by atomic mass is 19.1. The van der Waals surface area contributed by atoms with Crippen molar-refractivity contribution in [2.45, 2.75) is 70.0 Å². The van der Waals surface area contributed by atoms with Crippen molar-refractivity contribution in [2.75, 3.05) is 37.7 Å². The van der Waals surface area contributed by atoms with E-state index in [9.17, 15) is 5.11 Å². The molecule has 4 saturated heterocycles. The molecule has 4 aliphatic heterocycles. The Morgan fingerprint density at radius 3 is 2.43 bits per heavy atom. The first-order valence-corrected chi connectivity index (χ1v) is 17.0. The van der Waals surface area contributed by atoms with E-state index in [0.717, 1.165) is 64.7 Å². The van der Waals surface area contributed by atoms with Crippen molar-refractivity contribution in [1.29, 1.82) is 0 Å². The third-order valence-electron chi connectivity index (χ3n) is 11.2. The zero-order chi connectivity index (χ0) is 32.4. The van der Waals surface area contributed by atoms with E-state index in [0.29, 0.717) is 52.7 Å². The lowest BCUT2D eigenvalue weighted by Gasteiger charge is -2.34. The predicted molar refractivity (Wildman–Crippen MR) is 179 cm³/mol. The molecule has 0 amide bonds. The van der Waals surface area contributed by atoms with Crippen molar-refractivity contribution in [3.05, 3.63) is 47.7 Å². The Morgan fingerprint density at radius 2 is 1.74 bits per heavy atom. The summed E-state index contributed by atoms with van der Waals surface area (Å²) in [6.07, 6.45) is 13.9. The third kappa shape index (κ3) is 4.97. The van der Waals surface area contributed by atoms with E-state index in [4.69, 9.17) is 21.1 Å². The number of nitrogens with zero attached hydrogens (tertiary/aromatic N) is 5. The molecule has 0 aliphatic carbocycles. The van der Waals surface area contributed by atoms with Crippen molar-refractivity contribution in [2.24, 2.45) is 11.8 Å².